The summed E-state index contributed by atoms with van der Waals surface area (Å²) in [4.78, 5) is 2.63. The molecule has 2 fully saturated rings. The van der Waals surface area contributed by atoms with Gasteiger partial charge in [-0.25, -0.2) is 8.42 Å². The van der Waals surface area contributed by atoms with E-state index in [1.54, 1.807) is 12.1 Å². The van der Waals surface area contributed by atoms with Crippen LogP contribution in [0.2, 0.25) is 0 Å². The monoisotopic (exact) mass is 325 g/mol. The molecule has 2 aliphatic rings. The number of nitrogens with zero attached hydrogens (tertiary/aromatic N) is 1. The molecule has 5 nitrogen and oxygen atoms in total. The minimum Gasteiger partial charge on any atom is -0.390 e. The van der Waals surface area contributed by atoms with Gasteiger partial charge in [-0.15, -0.1) is 0 Å². The third-order valence-electron chi connectivity index (χ3n) is 4.71. The van der Waals surface area contributed by atoms with Crippen molar-refractivity contribution in [2.75, 3.05) is 26.0 Å². The summed E-state index contributed by atoms with van der Waals surface area (Å²) < 4.78 is 28.8. The maximum atomic E-state index is 11.5. The fraction of sp³-hybridized carbons (Fsp3) is 0.625. The van der Waals surface area contributed by atoms with Crippen LogP contribution in [-0.2, 0) is 21.1 Å². The van der Waals surface area contributed by atoms with Gasteiger partial charge in [0.1, 0.15) is 5.60 Å². The smallest absolute Gasteiger partial charge is 0.175 e. The highest BCUT2D eigenvalue weighted by Gasteiger charge is 2.45. The van der Waals surface area contributed by atoms with Gasteiger partial charge in [0.05, 0.1) is 11.0 Å². The molecule has 0 radical (unpaired) electrons. The summed E-state index contributed by atoms with van der Waals surface area (Å²) in [6, 6.07) is 7.05. The molecule has 6 heteroatoms. The SMILES string of the molecule is CS(=O)(=O)c1ccc(CN2CC[C@H](O)[C@]3(CCCO3)C2)cc1. The van der Waals surface area contributed by atoms with Gasteiger partial charge in [-0.1, -0.05) is 12.1 Å². The number of rotatable bonds is 3. The lowest BCUT2D eigenvalue weighted by Crippen LogP contribution is -2.56. The molecule has 22 heavy (non-hydrogen) atoms. The van der Waals surface area contributed by atoms with Crippen molar-refractivity contribution >= 4 is 9.84 Å². The van der Waals surface area contributed by atoms with Crippen LogP contribution in [0.1, 0.15) is 24.8 Å². The Morgan fingerprint density at radius 3 is 2.68 bits per heavy atom. The number of aliphatic hydroxyl groups is 1. The molecule has 122 valence electrons. The number of piperidine rings is 1. The van der Waals surface area contributed by atoms with Crippen LogP contribution in [0.3, 0.4) is 0 Å². The van der Waals surface area contributed by atoms with Gasteiger partial charge in [0.15, 0.2) is 9.84 Å². The molecule has 0 bridgehead atoms. The molecule has 2 saturated heterocycles. The number of aliphatic hydroxyl groups excluding tert-OH is 1. The van der Waals surface area contributed by atoms with Crippen molar-refractivity contribution in [2.24, 2.45) is 0 Å². The van der Waals surface area contributed by atoms with Crippen molar-refractivity contribution in [1.29, 1.82) is 0 Å². The zero-order valence-corrected chi connectivity index (χ0v) is 13.7. The van der Waals surface area contributed by atoms with Crippen molar-refractivity contribution < 1.29 is 18.3 Å². The molecule has 2 heterocycles. The molecule has 0 aromatic heterocycles. The van der Waals surface area contributed by atoms with Crippen LogP contribution in [-0.4, -0.2) is 56.1 Å². The van der Waals surface area contributed by atoms with Crippen LogP contribution in [0.25, 0.3) is 0 Å². The van der Waals surface area contributed by atoms with E-state index in [4.69, 9.17) is 4.74 Å². The lowest BCUT2D eigenvalue weighted by atomic mass is 9.87. The van der Waals surface area contributed by atoms with E-state index in [1.807, 2.05) is 12.1 Å². The number of benzene rings is 1. The predicted molar refractivity (Wildman–Crippen MR) is 83.4 cm³/mol. The maximum absolute atomic E-state index is 11.5. The Hall–Kier alpha value is -0.950. The van der Waals surface area contributed by atoms with Crippen LogP contribution in [0.4, 0.5) is 0 Å². The Bertz CT molecular complexity index is 620. The number of hydrogen-bond donors (Lipinski definition) is 1. The molecular weight excluding hydrogens is 302 g/mol. The van der Waals surface area contributed by atoms with Crippen molar-refractivity contribution in [1.82, 2.24) is 4.90 Å². The van der Waals surface area contributed by atoms with Crippen molar-refractivity contribution in [3.63, 3.8) is 0 Å². The highest BCUT2D eigenvalue weighted by Crippen LogP contribution is 2.35. The summed E-state index contributed by atoms with van der Waals surface area (Å²) >= 11 is 0. The van der Waals surface area contributed by atoms with E-state index in [0.717, 1.165) is 51.1 Å². The topological polar surface area (TPSA) is 66.8 Å². The highest BCUT2D eigenvalue weighted by molar-refractivity contribution is 7.90. The average Bonchev–Trinajstić information content (AvgIpc) is 2.92. The van der Waals surface area contributed by atoms with Crippen molar-refractivity contribution in [3.8, 4) is 0 Å². The van der Waals surface area contributed by atoms with Gasteiger partial charge in [0, 0.05) is 32.5 Å². The summed E-state index contributed by atoms with van der Waals surface area (Å²) in [6.45, 7) is 3.05. The van der Waals surface area contributed by atoms with Gasteiger partial charge in [0.2, 0.25) is 0 Å². The number of hydrogen-bond acceptors (Lipinski definition) is 5. The maximum Gasteiger partial charge on any atom is 0.175 e. The first kappa shape index (κ1) is 15.9. The second-order valence-electron chi connectivity index (χ2n) is 6.45. The molecule has 1 spiro atoms. The molecule has 0 amide bonds. The van der Waals surface area contributed by atoms with E-state index < -0.39 is 15.4 Å². The number of sulfone groups is 1. The summed E-state index contributed by atoms with van der Waals surface area (Å²) in [6.07, 6.45) is 3.49. The molecular formula is C16H23NO4S. The largest absolute Gasteiger partial charge is 0.390 e. The third kappa shape index (κ3) is 3.20. The molecule has 0 aliphatic carbocycles. The minimum atomic E-state index is -3.14. The summed E-state index contributed by atoms with van der Waals surface area (Å²) in [5, 5.41) is 10.3. The molecule has 3 rings (SSSR count). The molecule has 1 aromatic rings. The highest BCUT2D eigenvalue weighted by atomic mass is 32.2. The normalized spacial score (nSPS) is 30.0. The molecule has 2 aliphatic heterocycles. The van der Waals surface area contributed by atoms with Crippen molar-refractivity contribution in [3.05, 3.63) is 29.8 Å². The van der Waals surface area contributed by atoms with E-state index in [2.05, 4.69) is 4.90 Å². The fourth-order valence-electron chi connectivity index (χ4n) is 3.47. The fourth-order valence-corrected chi connectivity index (χ4v) is 4.10. The Labute approximate surface area is 131 Å². The van der Waals surface area contributed by atoms with Crippen LogP contribution in [0, 0.1) is 0 Å². The van der Waals surface area contributed by atoms with Gasteiger partial charge >= 0.3 is 0 Å². The zero-order chi connectivity index (χ0) is 15.8. The van der Waals surface area contributed by atoms with E-state index >= 15 is 0 Å². The minimum absolute atomic E-state index is 0.348. The Balaban J connectivity index is 1.68. The van der Waals surface area contributed by atoms with Gasteiger partial charge in [-0.2, -0.15) is 0 Å². The van der Waals surface area contributed by atoms with Gasteiger partial charge in [-0.05, 0) is 37.0 Å². The molecule has 1 aromatic carbocycles. The molecule has 0 unspecified atom stereocenters. The first-order chi connectivity index (χ1) is 10.4. The lowest BCUT2D eigenvalue weighted by molar-refractivity contribution is -0.132. The quantitative estimate of drug-likeness (QED) is 0.905. The molecule has 0 saturated carbocycles. The van der Waals surface area contributed by atoms with E-state index in [9.17, 15) is 13.5 Å². The van der Waals surface area contributed by atoms with Crippen LogP contribution in [0.5, 0.6) is 0 Å². The number of ether oxygens (including phenoxy) is 1. The van der Waals surface area contributed by atoms with E-state index in [0.29, 0.717) is 4.90 Å². The average molecular weight is 325 g/mol. The number of likely N-dealkylation sites (tertiary alicyclic amines) is 1. The third-order valence-corrected chi connectivity index (χ3v) is 5.84. The first-order valence-corrected chi connectivity index (χ1v) is 9.62. The van der Waals surface area contributed by atoms with Crippen LogP contribution in [0.15, 0.2) is 29.2 Å². The van der Waals surface area contributed by atoms with Gasteiger partial charge in [0.25, 0.3) is 0 Å². The Morgan fingerprint density at radius 2 is 2.09 bits per heavy atom. The predicted octanol–water partition coefficient (Wildman–Crippen LogP) is 1.21. The van der Waals surface area contributed by atoms with Crippen LogP contribution < -0.4 is 0 Å². The van der Waals surface area contributed by atoms with Gasteiger partial charge < -0.3 is 9.84 Å². The summed E-state index contributed by atoms with van der Waals surface area (Å²) in [5.41, 5.74) is 0.683. The van der Waals surface area contributed by atoms with Crippen molar-refractivity contribution in [2.45, 2.75) is 42.4 Å². The second-order valence-corrected chi connectivity index (χ2v) is 8.46. The molecule has 2 atom stereocenters. The van der Waals surface area contributed by atoms with Crippen LogP contribution >= 0.6 is 0 Å². The van der Waals surface area contributed by atoms with Gasteiger partial charge in [-0.3, -0.25) is 4.90 Å². The van der Waals surface area contributed by atoms with E-state index in [-0.39, 0.29) is 6.10 Å². The molecule has 1 N–H and O–H groups in total. The Kier molecular flexibility index (Phi) is 4.29. The zero-order valence-electron chi connectivity index (χ0n) is 12.9. The first-order valence-electron chi connectivity index (χ1n) is 7.72. The second kappa shape index (κ2) is 5.92. The summed E-state index contributed by atoms with van der Waals surface area (Å²) in [5.74, 6) is 0. The van der Waals surface area contributed by atoms with E-state index in [1.165, 1.54) is 6.26 Å². The standard InChI is InChI=1S/C16H23NO4S/c1-22(19,20)14-5-3-13(4-6-14)11-17-9-7-15(18)16(12-17)8-2-10-21-16/h3-6,15,18H,2,7-12H2,1H3/t15-,16-/m0/s1. The Morgan fingerprint density at radius 1 is 1.36 bits per heavy atom. The summed E-state index contributed by atoms with van der Waals surface area (Å²) in [7, 11) is -3.14. The lowest BCUT2D eigenvalue weighted by Gasteiger charge is -2.43.